The fraction of sp³-hybridized carbons (Fsp3) is 0.364. The highest BCUT2D eigenvalue weighted by molar-refractivity contribution is 7.89. The van der Waals surface area contributed by atoms with Crippen molar-refractivity contribution in [2.24, 2.45) is 0 Å². The van der Waals surface area contributed by atoms with Crippen LogP contribution in [0.25, 0.3) is 0 Å². The van der Waals surface area contributed by atoms with E-state index in [1.807, 2.05) is 36.1 Å². The molecule has 1 fully saturated rings. The van der Waals surface area contributed by atoms with Crippen LogP contribution >= 0.6 is 0 Å². The summed E-state index contributed by atoms with van der Waals surface area (Å²) >= 11 is 0. The highest BCUT2D eigenvalue weighted by Crippen LogP contribution is 2.16. The van der Waals surface area contributed by atoms with E-state index >= 15 is 0 Å². The molecule has 0 aromatic heterocycles. The van der Waals surface area contributed by atoms with Crippen molar-refractivity contribution in [3.8, 4) is 0 Å². The van der Waals surface area contributed by atoms with Crippen LogP contribution in [0.3, 0.4) is 0 Å². The van der Waals surface area contributed by atoms with Gasteiger partial charge in [-0.3, -0.25) is 9.59 Å². The van der Waals surface area contributed by atoms with Crippen molar-refractivity contribution in [3.05, 3.63) is 65.2 Å². The number of likely N-dealkylation sites (N-methyl/N-ethyl adjacent to an activating group) is 1. The molecule has 0 spiro atoms. The Kier molecular flexibility index (Phi) is 6.89. The first-order valence-electron chi connectivity index (χ1n) is 9.91. The molecular weight excluding hydrogens is 402 g/mol. The van der Waals surface area contributed by atoms with Gasteiger partial charge in [0.15, 0.2) is 0 Å². The number of carbonyl (C=O) groups is 2. The van der Waals surface area contributed by atoms with Gasteiger partial charge in [-0.2, -0.15) is 4.31 Å². The van der Waals surface area contributed by atoms with Gasteiger partial charge in [0.1, 0.15) is 0 Å². The molecule has 0 bridgehead atoms. The highest BCUT2D eigenvalue weighted by atomic mass is 32.2. The van der Waals surface area contributed by atoms with Gasteiger partial charge in [0, 0.05) is 33.1 Å². The van der Waals surface area contributed by atoms with Crippen molar-refractivity contribution >= 4 is 21.8 Å². The van der Waals surface area contributed by atoms with Gasteiger partial charge in [-0.1, -0.05) is 42.0 Å². The molecular formula is C22H27N3O4S. The second kappa shape index (κ2) is 9.40. The van der Waals surface area contributed by atoms with Gasteiger partial charge in [0.2, 0.25) is 21.8 Å². The minimum atomic E-state index is -3.72. The van der Waals surface area contributed by atoms with E-state index in [-0.39, 0.29) is 23.3 Å². The van der Waals surface area contributed by atoms with Crippen LogP contribution in [0.15, 0.2) is 53.4 Å². The Bertz CT molecular complexity index is 1000. The van der Waals surface area contributed by atoms with E-state index in [0.717, 1.165) is 34.0 Å². The molecule has 0 atom stereocenters. The molecule has 8 heteroatoms. The van der Waals surface area contributed by atoms with Crippen LogP contribution < -0.4 is 5.32 Å². The maximum absolute atomic E-state index is 12.6. The number of aryl methyl sites for hydroxylation is 1. The summed E-state index contributed by atoms with van der Waals surface area (Å²) < 4.78 is 26.2. The average Bonchev–Trinajstić information content (AvgIpc) is 3.12. The zero-order valence-corrected chi connectivity index (χ0v) is 18.1. The predicted octanol–water partition coefficient (Wildman–Crippen LogP) is 2.05. The third kappa shape index (κ3) is 5.46. The third-order valence-corrected chi connectivity index (χ3v) is 6.97. The number of benzene rings is 2. The predicted molar refractivity (Wildman–Crippen MR) is 114 cm³/mol. The number of sulfonamides is 1. The Hall–Kier alpha value is -2.71. The molecule has 0 unspecified atom stereocenters. The van der Waals surface area contributed by atoms with Crippen LogP contribution in [0, 0.1) is 6.92 Å². The van der Waals surface area contributed by atoms with E-state index in [1.54, 1.807) is 12.1 Å². The van der Waals surface area contributed by atoms with Crippen molar-refractivity contribution in [2.45, 2.75) is 37.8 Å². The fourth-order valence-electron chi connectivity index (χ4n) is 3.29. The monoisotopic (exact) mass is 429 g/mol. The van der Waals surface area contributed by atoms with Crippen LogP contribution in [0.4, 0.5) is 0 Å². The van der Waals surface area contributed by atoms with Gasteiger partial charge >= 0.3 is 0 Å². The Labute approximate surface area is 177 Å². The highest BCUT2D eigenvalue weighted by Gasteiger charge is 2.23. The van der Waals surface area contributed by atoms with E-state index in [2.05, 4.69) is 5.32 Å². The van der Waals surface area contributed by atoms with Gasteiger partial charge < -0.3 is 10.2 Å². The van der Waals surface area contributed by atoms with Crippen LogP contribution in [-0.2, 0) is 32.7 Å². The first kappa shape index (κ1) is 22.0. The maximum atomic E-state index is 12.6. The molecule has 160 valence electrons. The lowest BCUT2D eigenvalue weighted by atomic mass is 10.1. The molecule has 7 nitrogen and oxygen atoms in total. The zero-order chi connectivity index (χ0) is 21.7. The molecule has 2 aromatic carbocycles. The SMILES string of the molecule is Cc1ccc(S(=O)(=O)N(C)CC(=O)NCc2ccc(CN3CCCC3=O)cc2)cc1. The van der Waals surface area contributed by atoms with Crippen molar-refractivity contribution in [1.29, 1.82) is 0 Å². The second-order valence-electron chi connectivity index (χ2n) is 7.59. The van der Waals surface area contributed by atoms with Gasteiger partial charge in [0.05, 0.1) is 11.4 Å². The van der Waals surface area contributed by atoms with Gasteiger partial charge in [-0.15, -0.1) is 0 Å². The zero-order valence-electron chi connectivity index (χ0n) is 17.3. The number of amides is 2. The standard InChI is InChI=1S/C22H27N3O4S/c1-17-5-11-20(12-6-17)30(28,29)24(2)16-21(26)23-14-18-7-9-19(10-8-18)15-25-13-3-4-22(25)27/h5-12H,3-4,13-16H2,1-2H3,(H,23,26). The number of hydrogen-bond acceptors (Lipinski definition) is 4. The molecule has 3 rings (SSSR count). The Morgan fingerprint density at radius 3 is 2.30 bits per heavy atom. The van der Waals surface area contributed by atoms with E-state index in [4.69, 9.17) is 0 Å². The summed E-state index contributed by atoms with van der Waals surface area (Å²) in [7, 11) is -2.32. The minimum Gasteiger partial charge on any atom is -0.351 e. The molecule has 1 aliphatic heterocycles. The van der Waals surface area contributed by atoms with Gasteiger partial charge in [0.25, 0.3) is 0 Å². The third-order valence-electron chi connectivity index (χ3n) is 5.15. The summed E-state index contributed by atoms with van der Waals surface area (Å²) in [4.78, 5) is 26.0. The summed E-state index contributed by atoms with van der Waals surface area (Å²) in [6.45, 7) is 3.33. The number of likely N-dealkylation sites (tertiary alicyclic amines) is 1. The lowest BCUT2D eigenvalue weighted by molar-refractivity contribution is -0.128. The molecule has 0 radical (unpaired) electrons. The molecule has 1 N–H and O–H groups in total. The van der Waals surface area contributed by atoms with Crippen LogP contribution in [-0.4, -0.2) is 49.6 Å². The Morgan fingerprint density at radius 1 is 1.07 bits per heavy atom. The molecule has 0 aliphatic carbocycles. The molecule has 0 saturated carbocycles. The number of hydrogen-bond donors (Lipinski definition) is 1. The molecule has 1 heterocycles. The molecule has 1 saturated heterocycles. The van der Waals surface area contributed by atoms with Crippen LogP contribution in [0.2, 0.25) is 0 Å². The van der Waals surface area contributed by atoms with Crippen molar-refractivity contribution in [2.75, 3.05) is 20.1 Å². The molecule has 2 aromatic rings. The summed E-state index contributed by atoms with van der Waals surface area (Å²) in [5.41, 5.74) is 2.92. The molecule has 30 heavy (non-hydrogen) atoms. The lowest BCUT2D eigenvalue weighted by Gasteiger charge is -2.17. The average molecular weight is 430 g/mol. The second-order valence-corrected chi connectivity index (χ2v) is 9.63. The smallest absolute Gasteiger partial charge is 0.243 e. The summed E-state index contributed by atoms with van der Waals surface area (Å²) in [6, 6.07) is 14.2. The van der Waals surface area contributed by atoms with E-state index in [0.29, 0.717) is 19.5 Å². The normalized spacial score (nSPS) is 14.4. The molecule has 1 aliphatic rings. The van der Waals surface area contributed by atoms with Crippen LogP contribution in [0.5, 0.6) is 0 Å². The van der Waals surface area contributed by atoms with E-state index < -0.39 is 10.0 Å². The maximum Gasteiger partial charge on any atom is 0.243 e. The summed E-state index contributed by atoms with van der Waals surface area (Å²) in [5, 5.41) is 2.75. The summed E-state index contributed by atoms with van der Waals surface area (Å²) in [6.07, 6.45) is 1.54. The van der Waals surface area contributed by atoms with Crippen molar-refractivity contribution in [3.63, 3.8) is 0 Å². The Balaban J connectivity index is 1.50. The number of rotatable bonds is 8. The number of nitrogens with zero attached hydrogens (tertiary/aromatic N) is 2. The lowest BCUT2D eigenvalue weighted by Crippen LogP contribution is -2.38. The summed E-state index contributed by atoms with van der Waals surface area (Å²) in [5.74, 6) is -0.184. The molecule has 2 amide bonds. The number of carbonyl (C=O) groups excluding carboxylic acids is 2. The van der Waals surface area contributed by atoms with E-state index in [1.165, 1.54) is 19.2 Å². The quantitative estimate of drug-likeness (QED) is 0.696. The van der Waals surface area contributed by atoms with E-state index in [9.17, 15) is 18.0 Å². The van der Waals surface area contributed by atoms with Crippen molar-refractivity contribution in [1.82, 2.24) is 14.5 Å². The van der Waals surface area contributed by atoms with Gasteiger partial charge in [-0.05, 0) is 36.6 Å². The number of nitrogens with one attached hydrogen (secondary N) is 1. The topological polar surface area (TPSA) is 86.8 Å². The van der Waals surface area contributed by atoms with Crippen LogP contribution in [0.1, 0.15) is 29.5 Å². The fourth-order valence-corrected chi connectivity index (χ4v) is 4.42. The minimum absolute atomic E-state index is 0.162. The van der Waals surface area contributed by atoms with Crippen molar-refractivity contribution < 1.29 is 18.0 Å². The first-order valence-corrected chi connectivity index (χ1v) is 11.3. The first-order chi connectivity index (χ1) is 14.3. The largest absolute Gasteiger partial charge is 0.351 e. The van der Waals surface area contributed by atoms with Gasteiger partial charge in [-0.25, -0.2) is 8.42 Å². The Morgan fingerprint density at radius 2 is 1.70 bits per heavy atom.